The lowest BCUT2D eigenvalue weighted by molar-refractivity contribution is -0.125. The molecule has 0 saturated heterocycles. The summed E-state index contributed by atoms with van der Waals surface area (Å²) < 4.78 is 0. The SMILES string of the molecule is C=C1CC([SiH](c2ccccc2)c2ccccc2)(C(C)(C)C)C(=O)CC1=CC=C1CCC[C@]2(C)[C@@H](C(C)=O)CC[C@@H]12. The van der Waals surface area contributed by atoms with Gasteiger partial charge < -0.3 is 0 Å². The van der Waals surface area contributed by atoms with E-state index in [1.807, 2.05) is 0 Å². The Morgan fingerprint density at radius 1 is 0.975 bits per heavy atom. The molecule has 0 heterocycles. The molecule has 2 nitrogen and oxygen atoms in total. The third kappa shape index (κ3) is 4.85. The lowest BCUT2D eigenvalue weighted by Gasteiger charge is -2.51. The maximum Gasteiger partial charge on any atom is 0.142 e. The van der Waals surface area contributed by atoms with Crippen LogP contribution >= 0.6 is 0 Å². The molecule has 210 valence electrons. The fourth-order valence-corrected chi connectivity index (χ4v) is 13.2. The molecule has 0 N–H and O–H groups in total. The molecule has 3 heteroatoms. The Morgan fingerprint density at radius 3 is 2.12 bits per heavy atom. The summed E-state index contributed by atoms with van der Waals surface area (Å²) in [5, 5.41) is 2.17. The van der Waals surface area contributed by atoms with Crippen molar-refractivity contribution in [3.8, 4) is 0 Å². The number of fused-ring (bicyclic) bond motifs is 1. The molecule has 5 rings (SSSR count). The van der Waals surface area contributed by atoms with Gasteiger partial charge in [-0.05, 0) is 67.8 Å². The second-order valence-electron chi connectivity index (χ2n) is 13.9. The van der Waals surface area contributed by atoms with E-state index in [-0.39, 0.29) is 16.7 Å². The molecular formula is C37H46O2Si. The number of allylic oxidation sites excluding steroid dienone is 5. The maximum atomic E-state index is 14.6. The van der Waals surface area contributed by atoms with E-state index in [1.165, 1.54) is 15.9 Å². The average Bonchev–Trinajstić information content (AvgIpc) is 3.28. The summed E-state index contributed by atoms with van der Waals surface area (Å²) in [5.41, 5.74) is 3.55. The molecule has 0 aromatic heterocycles. The smallest absolute Gasteiger partial charge is 0.142 e. The second kappa shape index (κ2) is 10.9. The van der Waals surface area contributed by atoms with Crippen molar-refractivity contribution in [1.82, 2.24) is 0 Å². The van der Waals surface area contributed by atoms with Crippen LogP contribution in [-0.4, -0.2) is 20.4 Å². The van der Waals surface area contributed by atoms with E-state index in [4.69, 9.17) is 0 Å². The van der Waals surface area contributed by atoms with Gasteiger partial charge in [-0.25, -0.2) is 0 Å². The van der Waals surface area contributed by atoms with Crippen molar-refractivity contribution in [2.24, 2.45) is 22.7 Å². The van der Waals surface area contributed by atoms with E-state index in [0.717, 1.165) is 43.3 Å². The van der Waals surface area contributed by atoms with Crippen LogP contribution < -0.4 is 10.4 Å². The highest BCUT2D eigenvalue weighted by atomic mass is 28.3. The van der Waals surface area contributed by atoms with Gasteiger partial charge in [0.05, 0.1) is 0 Å². The molecule has 3 aliphatic rings. The van der Waals surface area contributed by atoms with Crippen LogP contribution in [0.5, 0.6) is 0 Å². The summed E-state index contributed by atoms with van der Waals surface area (Å²) in [4.78, 5) is 27.0. The fraction of sp³-hybridized carbons (Fsp3) is 0.459. The summed E-state index contributed by atoms with van der Waals surface area (Å²) in [7, 11) is -1.99. The van der Waals surface area contributed by atoms with Gasteiger partial charge in [-0.3, -0.25) is 9.59 Å². The minimum absolute atomic E-state index is 0.0827. The summed E-state index contributed by atoms with van der Waals surface area (Å²) in [5.74, 6) is 1.38. The molecule has 4 atom stereocenters. The quantitative estimate of drug-likeness (QED) is 0.364. The molecule has 3 aliphatic carbocycles. The van der Waals surface area contributed by atoms with Gasteiger partial charge in [-0.1, -0.05) is 129 Å². The lowest BCUT2D eigenvalue weighted by Crippen LogP contribution is -2.61. The Balaban J connectivity index is 1.51. The first kappa shape index (κ1) is 28.7. The predicted molar refractivity (Wildman–Crippen MR) is 170 cm³/mol. The monoisotopic (exact) mass is 550 g/mol. The zero-order valence-corrected chi connectivity index (χ0v) is 26.3. The second-order valence-corrected chi connectivity index (χ2v) is 17.1. The van der Waals surface area contributed by atoms with E-state index in [0.29, 0.717) is 30.3 Å². The normalized spacial score (nSPS) is 31.1. The zero-order valence-electron chi connectivity index (χ0n) is 25.1. The van der Waals surface area contributed by atoms with Crippen molar-refractivity contribution < 1.29 is 9.59 Å². The van der Waals surface area contributed by atoms with Crippen molar-refractivity contribution in [3.63, 3.8) is 0 Å². The number of benzene rings is 2. The van der Waals surface area contributed by atoms with Gasteiger partial charge in [0, 0.05) is 17.4 Å². The van der Waals surface area contributed by atoms with Gasteiger partial charge in [-0.15, -0.1) is 0 Å². The largest absolute Gasteiger partial charge is 0.300 e. The van der Waals surface area contributed by atoms with Crippen LogP contribution in [0, 0.1) is 22.7 Å². The van der Waals surface area contributed by atoms with Crippen molar-refractivity contribution in [2.45, 2.75) is 84.6 Å². The van der Waals surface area contributed by atoms with Crippen LogP contribution in [0.4, 0.5) is 0 Å². The number of Topliss-reactive ketones (excluding diaryl/α,β-unsaturated/α-hetero) is 2. The van der Waals surface area contributed by atoms with Gasteiger partial charge in [-0.2, -0.15) is 0 Å². The summed E-state index contributed by atoms with van der Waals surface area (Å²) in [6.07, 6.45) is 11.2. The van der Waals surface area contributed by atoms with Crippen LogP contribution in [0.3, 0.4) is 0 Å². The molecular weight excluding hydrogens is 504 g/mol. The molecule has 3 fully saturated rings. The fourth-order valence-electron chi connectivity index (χ4n) is 8.73. The van der Waals surface area contributed by atoms with Crippen molar-refractivity contribution >= 4 is 30.7 Å². The topological polar surface area (TPSA) is 34.1 Å². The zero-order chi connectivity index (χ0) is 28.7. The predicted octanol–water partition coefficient (Wildman–Crippen LogP) is 7.39. The molecule has 0 bridgehead atoms. The minimum Gasteiger partial charge on any atom is -0.300 e. The maximum absolute atomic E-state index is 14.6. The number of hydrogen-bond donors (Lipinski definition) is 0. The molecule has 1 unspecified atom stereocenters. The van der Waals surface area contributed by atoms with Crippen LogP contribution in [-0.2, 0) is 9.59 Å². The van der Waals surface area contributed by atoms with Gasteiger partial charge >= 0.3 is 0 Å². The highest BCUT2D eigenvalue weighted by Crippen LogP contribution is 2.59. The summed E-state index contributed by atoms with van der Waals surface area (Å²) in [6, 6.07) is 21.5. The molecule has 40 heavy (non-hydrogen) atoms. The van der Waals surface area contributed by atoms with E-state index in [2.05, 4.69) is 107 Å². The number of carbonyl (C=O) groups excluding carboxylic acids is 2. The Labute approximate surface area is 243 Å². The Kier molecular flexibility index (Phi) is 7.82. The number of ketones is 2. The van der Waals surface area contributed by atoms with Gasteiger partial charge in [0.2, 0.25) is 0 Å². The molecule has 0 radical (unpaired) electrons. The minimum atomic E-state index is -1.99. The van der Waals surface area contributed by atoms with Crippen molar-refractivity contribution in [3.05, 3.63) is 96.1 Å². The van der Waals surface area contributed by atoms with E-state index in [9.17, 15) is 9.59 Å². The summed E-state index contributed by atoms with van der Waals surface area (Å²) in [6.45, 7) is 15.5. The van der Waals surface area contributed by atoms with Gasteiger partial charge in [0.25, 0.3) is 0 Å². The van der Waals surface area contributed by atoms with E-state index in [1.54, 1.807) is 6.92 Å². The average molecular weight is 551 g/mol. The molecule has 0 aliphatic heterocycles. The number of carbonyl (C=O) groups is 2. The third-order valence-corrected chi connectivity index (χ3v) is 15.3. The lowest BCUT2D eigenvalue weighted by atomic mass is 9.62. The molecule has 2 aromatic rings. The van der Waals surface area contributed by atoms with Crippen molar-refractivity contribution in [2.75, 3.05) is 0 Å². The molecule has 3 saturated carbocycles. The standard InChI is InChI=1S/C37H46O2Si/c1-26-25-37(35(3,4)5,40(30-15-9-7-10-16-30)31-17-11-8-12-18-31)34(39)24-29(26)20-19-28-14-13-23-36(6)32(27(2)38)21-22-33(28)36/h7-12,15-20,32-33,40H,1,13-14,21-25H2,2-6H3/t32-,33+,36-,37?/m1/s1. The molecule has 0 spiro atoms. The highest BCUT2D eigenvalue weighted by molar-refractivity contribution is 6.90. The third-order valence-electron chi connectivity index (χ3n) is 10.8. The van der Waals surface area contributed by atoms with E-state index < -0.39 is 13.8 Å². The van der Waals surface area contributed by atoms with Crippen LogP contribution in [0.15, 0.2) is 96.1 Å². The van der Waals surface area contributed by atoms with Crippen molar-refractivity contribution in [1.29, 1.82) is 0 Å². The molecule has 0 amide bonds. The Morgan fingerprint density at radius 2 is 1.57 bits per heavy atom. The first-order chi connectivity index (χ1) is 19.0. The first-order valence-corrected chi connectivity index (χ1v) is 16.9. The van der Waals surface area contributed by atoms with Crippen LogP contribution in [0.2, 0.25) is 5.04 Å². The Bertz CT molecular complexity index is 1310. The van der Waals surface area contributed by atoms with E-state index >= 15 is 0 Å². The Hall–Kier alpha value is -2.78. The molecule has 2 aromatic carbocycles. The first-order valence-electron chi connectivity index (χ1n) is 15.2. The summed E-state index contributed by atoms with van der Waals surface area (Å²) >= 11 is 0. The number of hydrogen-bond acceptors (Lipinski definition) is 2. The van der Waals surface area contributed by atoms with Crippen LogP contribution in [0.25, 0.3) is 0 Å². The van der Waals surface area contributed by atoms with Gasteiger partial charge in [0.15, 0.2) is 0 Å². The highest BCUT2D eigenvalue weighted by Gasteiger charge is 2.57. The van der Waals surface area contributed by atoms with Gasteiger partial charge in [0.1, 0.15) is 20.4 Å². The number of rotatable bonds is 5. The van der Waals surface area contributed by atoms with Crippen LogP contribution in [0.1, 0.15) is 79.6 Å².